The number of carbonyl (C=O) groups is 1. The Morgan fingerprint density at radius 1 is 1.20 bits per heavy atom. The Kier molecular flexibility index (Phi) is 3.40. The van der Waals surface area contributed by atoms with Crippen molar-refractivity contribution in [1.82, 2.24) is 0 Å². The van der Waals surface area contributed by atoms with E-state index in [1.807, 2.05) is 60.4 Å². The van der Waals surface area contributed by atoms with Crippen LogP contribution in [0, 0.1) is 0 Å². The second-order valence-electron chi connectivity index (χ2n) is 4.72. The highest BCUT2D eigenvalue weighted by molar-refractivity contribution is 8.00. The van der Waals surface area contributed by atoms with E-state index in [0.29, 0.717) is 12.2 Å². The number of anilines is 2. The van der Waals surface area contributed by atoms with E-state index in [1.165, 1.54) is 0 Å². The summed E-state index contributed by atoms with van der Waals surface area (Å²) in [5.74, 6) is 0.127. The van der Waals surface area contributed by atoms with Gasteiger partial charge in [0.1, 0.15) is 5.25 Å². The quantitative estimate of drug-likeness (QED) is 0.859. The first-order chi connectivity index (χ1) is 9.70. The molecule has 102 valence electrons. The molecule has 3 nitrogen and oxygen atoms in total. The number of carbonyl (C=O) groups excluding carboxylic acids is 1. The topological polar surface area (TPSA) is 46.3 Å². The molecule has 0 radical (unpaired) electrons. The van der Waals surface area contributed by atoms with E-state index in [0.717, 1.165) is 16.1 Å². The van der Waals surface area contributed by atoms with Crippen molar-refractivity contribution in [3.63, 3.8) is 0 Å². The fourth-order valence-corrected chi connectivity index (χ4v) is 3.66. The van der Waals surface area contributed by atoms with E-state index in [2.05, 4.69) is 0 Å². The molecule has 20 heavy (non-hydrogen) atoms. The molecule has 0 aliphatic carbocycles. The van der Waals surface area contributed by atoms with E-state index in [1.54, 1.807) is 11.8 Å². The normalized spacial score (nSPS) is 17.9. The maximum atomic E-state index is 12.7. The average Bonchev–Trinajstić information content (AvgIpc) is 2.48. The fourth-order valence-electron chi connectivity index (χ4n) is 2.45. The van der Waals surface area contributed by atoms with Crippen LogP contribution < -0.4 is 10.6 Å². The van der Waals surface area contributed by atoms with Crippen LogP contribution in [-0.2, 0) is 4.79 Å². The van der Waals surface area contributed by atoms with Crippen molar-refractivity contribution in [3.05, 3.63) is 54.1 Å². The number of fused-ring (bicyclic) bond motifs is 1. The number of benzene rings is 2. The molecule has 0 spiro atoms. The molecule has 1 unspecified atom stereocenters. The van der Waals surface area contributed by atoms with Gasteiger partial charge >= 0.3 is 0 Å². The molecule has 1 aliphatic heterocycles. The van der Waals surface area contributed by atoms with Crippen molar-refractivity contribution < 1.29 is 4.79 Å². The summed E-state index contributed by atoms with van der Waals surface area (Å²) in [5, 5.41) is -0.174. The van der Waals surface area contributed by atoms with Gasteiger partial charge in [0.25, 0.3) is 0 Å². The highest BCUT2D eigenvalue weighted by Gasteiger charge is 2.33. The number of hydrogen-bond acceptors (Lipinski definition) is 3. The Balaban J connectivity index is 2.06. The molecule has 1 heterocycles. The Morgan fingerprint density at radius 3 is 2.65 bits per heavy atom. The summed E-state index contributed by atoms with van der Waals surface area (Å²) < 4.78 is 0. The van der Waals surface area contributed by atoms with Crippen LogP contribution in [0.25, 0.3) is 0 Å². The molecule has 1 amide bonds. The molecular formula is C16H16N2OS. The first kappa shape index (κ1) is 13.1. The lowest BCUT2D eigenvalue weighted by atomic mass is 10.1. The van der Waals surface area contributed by atoms with Gasteiger partial charge in [0, 0.05) is 17.1 Å². The Bertz CT molecular complexity index is 642. The first-order valence-electron chi connectivity index (χ1n) is 6.63. The second kappa shape index (κ2) is 5.21. The molecule has 1 atom stereocenters. The first-order valence-corrected chi connectivity index (χ1v) is 7.51. The van der Waals surface area contributed by atoms with Crippen LogP contribution in [0.2, 0.25) is 0 Å². The summed E-state index contributed by atoms with van der Waals surface area (Å²) in [6, 6.07) is 15.7. The van der Waals surface area contributed by atoms with E-state index >= 15 is 0 Å². The highest BCUT2D eigenvalue weighted by Crippen LogP contribution is 2.46. The predicted octanol–water partition coefficient (Wildman–Crippen LogP) is 3.47. The SMILES string of the molecule is CCN1C(=O)C(c2ccccc2)Sc2ccc(N)cc21. The van der Waals surface area contributed by atoms with E-state index in [9.17, 15) is 4.79 Å². The maximum Gasteiger partial charge on any atom is 0.245 e. The Labute approximate surface area is 122 Å². The number of nitrogen functional groups attached to an aromatic ring is 1. The molecule has 0 aromatic heterocycles. The average molecular weight is 284 g/mol. The third kappa shape index (κ3) is 2.16. The number of thioether (sulfide) groups is 1. The predicted molar refractivity (Wildman–Crippen MR) is 83.9 cm³/mol. The summed E-state index contributed by atoms with van der Waals surface area (Å²) in [6.07, 6.45) is 0. The van der Waals surface area contributed by atoms with Gasteiger partial charge in [-0.25, -0.2) is 0 Å². The van der Waals surface area contributed by atoms with Crippen molar-refractivity contribution in [2.24, 2.45) is 0 Å². The van der Waals surface area contributed by atoms with Crippen molar-refractivity contribution in [2.45, 2.75) is 17.1 Å². The van der Waals surface area contributed by atoms with Crippen LogP contribution in [0.5, 0.6) is 0 Å². The Morgan fingerprint density at radius 2 is 1.95 bits per heavy atom. The van der Waals surface area contributed by atoms with Gasteiger partial charge in [0.15, 0.2) is 0 Å². The number of nitrogens with zero attached hydrogens (tertiary/aromatic N) is 1. The van der Waals surface area contributed by atoms with Gasteiger partial charge in [0.05, 0.1) is 5.69 Å². The van der Waals surface area contributed by atoms with Gasteiger partial charge in [0.2, 0.25) is 5.91 Å². The molecule has 1 aliphatic rings. The van der Waals surface area contributed by atoms with Crippen LogP contribution in [0.15, 0.2) is 53.4 Å². The zero-order valence-electron chi connectivity index (χ0n) is 11.2. The maximum absolute atomic E-state index is 12.7. The lowest BCUT2D eigenvalue weighted by Crippen LogP contribution is -2.37. The van der Waals surface area contributed by atoms with E-state index < -0.39 is 0 Å². The van der Waals surface area contributed by atoms with Gasteiger partial charge < -0.3 is 10.6 Å². The molecule has 0 fully saturated rings. The number of amides is 1. The molecule has 3 rings (SSSR count). The third-order valence-electron chi connectivity index (χ3n) is 3.43. The molecule has 0 bridgehead atoms. The summed E-state index contributed by atoms with van der Waals surface area (Å²) in [5.41, 5.74) is 8.50. The Hall–Kier alpha value is -1.94. The fraction of sp³-hybridized carbons (Fsp3) is 0.188. The molecular weight excluding hydrogens is 268 g/mol. The third-order valence-corrected chi connectivity index (χ3v) is 4.74. The van der Waals surface area contributed by atoms with Gasteiger partial charge in [-0.3, -0.25) is 4.79 Å². The highest BCUT2D eigenvalue weighted by atomic mass is 32.2. The summed E-state index contributed by atoms with van der Waals surface area (Å²) in [4.78, 5) is 15.6. The second-order valence-corrected chi connectivity index (χ2v) is 5.87. The van der Waals surface area contributed by atoms with Crippen LogP contribution in [0.3, 0.4) is 0 Å². The van der Waals surface area contributed by atoms with Crippen LogP contribution in [-0.4, -0.2) is 12.5 Å². The zero-order chi connectivity index (χ0) is 14.1. The smallest absolute Gasteiger partial charge is 0.245 e. The molecule has 2 N–H and O–H groups in total. The molecule has 4 heteroatoms. The largest absolute Gasteiger partial charge is 0.399 e. The molecule has 2 aromatic rings. The van der Waals surface area contributed by atoms with Crippen LogP contribution >= 0.6 is 11.8 Å². The van der Waals surface area contributed by atoms with Gasteiger partial charge in [-0.1, -0.05) is 30.3 Å². The minimum absolute atomic E-state index is 0.127. The van der Waals surface area contributed by atoms with Crippen molar-refractivity contribution in [1.29, 1.82) is 0 Å². The van der Waals surface area contributed by atoms with Crippen LogP contribution in [0.4, 0.5) is 11.4 Å². The summed E-state index contributed by atoms with van der Waals surface area (Å²) in [6.45, 7) is 2.64. The molecule has 0 saturated carbocycles. The van der Waals surface area contributed by atoms with Gasteiger partial charge in [-0.2, -0.15) is 0 Å². The van der Waals surface area contributed by atoms with E-state index in [4.69, 9.17) is 5.73 Å². The zero-order valence-corrected chi connectivity index (χ0v) is 12.1. The van der Waals surface area contributed by atoms with E-state index in [-0.39, 0.29) is 11.2 Å². The van der Waals surface area contributed by atoms with Gasteiger partial charge in [-0.15, -0.1) is 11.8 Å². The summed E-state index contributed by atoms with van der Waals surface area (Å²) >= 11 is 1.60. The molecule has 2 aromatic carbocycles. The van der Waals surface area contributed by atoms with Crippen molar-refractivity contribution in [2.75, 3.05) is 17.2 Å². The van der Waals surface area contributed by atoms with Crippen molar-refractivity contribution in [3.8, 4) is 0 Å². The number of hydrogen-bond donors (Lipinski definition) is 1. The van der Waals surface area contributed by atoms with Crippen LogP contribution in [0.1, 0.15) is 17.7 Å². The monoisotopic (exact) mass is 284 g/mol. The molecule has 0 saturated heterocycles. The minimum Gasteiger partial charge on any atom is -0.399 e. The summed E-state index contributed by atoms with van der Waals surface area (Å²) in [7, 11) is 0. The number of likely N-dealkylation sites (N-methyl/N-ethyl adjacent to an activating group) is 1. The standard InChI is InChI=1S/C16H16N2OS/c1-2-18-13-10-12(17)8-9-14(13)20-15(16(18)19)11-6-4-3-5-7-11/h3-10,15H,2,17H2,1H3. The number of nitrogens with two attached hydrogens (primary N) is 1. The lowest BCUT2D eigenvalue weighted by molar-refractivity contribution is -0.118. The lowest BCUT2D eigenvalue weighted by Gasteiger charge is -2.33. The van der Waals surface area contributed by atoms with Gasteiger partial charge in [-0.05, 0) is 30.7 Å². The van der Waals surface area contributed by atoms with Crippen molar-refractivity contribution >= 4 is 29.0 Å². The number of rotatable bonds is 2. The minimum atomic E-state index is -0.174.